The third kappa shape index (κ3) is 15.7. The number of carboxylic acids is 1. The Labute approximate surface area is 120 Å². The standard InChI is InChI=1S/C15H27BrO2/c16-14-12-10-8-6-4-2-1-3-5-7-9-11-13-15(17)18/h7,9H,1-6,8,10-14H2,(H,17,18)/b9-7+. The number of unbranched alkanes of at least 4 members (excludes halogenated alkanes) is 8. The molecule has 18 heavy (non-hydrogen) atoms. The summed E-state index contributed by atoms with van der Waals surface area (Å²) in [6, 6.07) is 0. The Kier molecular flexibility index (Phi) is 14.5. The zero-order valence-electron chi connectivity index (χ0n) is 11.4. The van der Waals surface area contributed by atoms with Crippen LogP contribution in [0.3, 0.4) is 0 Å². The summed E-state index contributed by atoms with van der Waals surface area (Å²) in [6.07, 6.45) is 16.8. The van der Waals surface area contributed by atoms with Crippen molar-refractivity contribution in [2.24, 2.45) is 0 Å². The van der Waals surface area contributed by atoms with Gasteiger partial charge in [-0.3, -0.25) is 4.79 Å². The van der Waals surface area contributed by atoms with Crippen molar-refractivity contribution in [2.45, 2.75) is 70.6 Å². The lowest BCUT2D eigenvalue weighted by Gasteiger charge is -2.00. The Morgan fingerprint density at radius 2 is 1.33 bits per heavy atom. The molecule has 0 heterocycles. The lowest BCUT2D eigenvalue weighted by Crippen LogP contribution is -1.91. The van der Waals surface area contributed by atoms with Gasteiger partial charge in [0.1, 0.15) is 0 Å². The highest BCUT2D eigenvalue weighted by Gasteiger charge is 1.92. The number of carboxylic acid groups (broad SMARTS) is 1. The van der Waals surface area contributed by atoms with Crippen LogP contribution < -0.4 is 0 Å². The Hall–Kier alpha value is -0.310. The maximum atomic E-state index is 10.3. The van der Waals surface area contributed by atoms with Crippen LogP contribution in [0.15, 0.2) is 12.2 Å². The molecular formula is C15H27BrO2. The van der Waals surface area contributed by atoms with Crippen molar-refractivity contribution in [1.29, 1.82) is 0 Å². The minimum absolute atomic E-state index is 0.255. The van der Waals surface area contributed by atoms with E-state index in [-0.39, 0.29) is 6.42 Å². The molecule has 1 N–H and O–H groups in total. The number of aliphatic carboxylic acids is 1. The van der Waals surface area contributed by atoms with E-state index in [0.29, 0.717) is 6.42 Å². The molecule has 0 rings (SSSR count). The maximum Gasteiger partial charge on any atom is 0.303 e. The van der Waals surface area contributed by atoms with Gasteiger partial charge in [0.05, 0.1) is 0 Å². The second-order valence-corrected chi connectivity index (χ2v) is 5.50. The first kappa shape index (κ1) is 17.7. The quantitative estimate of drug-likeness (QED) is 0.284. The molecule has 0 spiro atoms. The lowest BCUT2D eigenvalue weighted by atomic mass is 10.1. The zero-order valence-corrected chi connectivity index (χ0v) is 13.0. The van der Waals surface area contributed by atoms with Crippen LogP contribution in [0, 0.1) is 0 Å². The fourth-order valence-electron chi connectivity index (χ4n) is 1.86. The molecule has 106 valence electrons. The van der Waals surface area contributed by atoms with Crippen LogP contribution in [0.2, 0.25) is 0 Å². The minimum atomic E-state index is -0.709. The highest BCUT2D eigenvalue weighted by Crippen LogP contribution is 2.10. The Balaban J connectivity index is 3.04. The van der Waals surface area contributed by atoms with Crippen molar-refractivity contribution in [3.63, 3.8) is 0 Å². The van der Waals surface area contributed by atoms with E-state index in [9.17, 15) is 4.79 Å². The maximum absolute atomic E-state index is 10.3. The molecule has 0 aliphatic heterocycles. The van der Waals surface area contributed by atoms with Gasteiger partial charge in [-0.2, -0.15) is 0 Å². The van der Waals surface area contributed by atoms with Crippen molar-refractivity contribution in [3.05, 3.63) is 12.2 Å². The number of halogens is 1. The van der Waals surface area contributed by atoms with Gasteiger partial charge in [0.2, 0.25) is 0 Å². The zero-order chi connectivity index (χ0) is 13.5. The van der Waals surface area contributed by atoms with Gasteiger partial charge in [-0.1, -0.05) is 66.6 Å². The van der Waals surface area contributed by atoms with Crippen molar-refractivity contribution in [2.75, 3.05) is 5.33 Å². The first-order valence-corrected chi connectivity index (χ1v) is 8.32. The van der Waals surface area contributed by atoms with Crippen LogP contribution in [-0.4, -0.2) is 16.4 Å². The van der Waals surface area contributed by atoms with E-state index < -0.39 is 5.97 Å². The molecule has 0 saturated carbocycles. The average Bonchev–Trinajstić information content (AvgIpc) is 2.34. The summed E-state index contributed by atoms with van der Waals surface area (Å²) in [5.41, 5.74) is 0. The van der Waals surface area contributed by atoms with Gasteiger partial charge >= 0.3 is 5.97 Å². The third-order valence-electron chi connectivity index (χ3n) is 2.95. The Bertz CT molecular complexity index is 215. The van der Waals surface area contributed by atoms with Gasteiger partial charge in [-0.15, -0.1) is 0 Å². The minimum Gasteiger partial charge on any atom is -0.481 e. The topological polar surface area (TPSA) is 37.3 Å². The Morgan fingerprint density at radius 1 is 0.833 bits per heavy atom. The molecule has 0 aromatic heterocycles. The molecule has 0 unspecified atom stereocenters. The van der Waals surface area contributed by atoms with Gasteiger partial charge in [-0.05, 0) is 25.7 Å². The van der Waals surface area contributed by atoms with Crippen LogP contribution in [0.5, 0.6) is 0 Å². The molecule has 2 nitrogen and oxygen atoms in total. The van der Waals surface area contributed by atoms with E-state index in [1.54, 1.807) is 0 Å². The highest BCUT2D eigenvalue weighted by atomic mass is 79.9. The summed E-state index contributed by atoms with van der Waals surface area (Å²) < 4.78 is 0. The third-order valence-corrected chi connectivity index (χ3v) is 3.51. The summed E-state index contributed by atoms with van der Waals surface area (Å²) >= 11 is 3.45. The second-order valence-electron chi connectivity index (χ2n) is 4.71. The molecule has 0 bridgehead atoms. The molecule has 3 heteroatoms. The number of rotatable bonds is 13. The van der Waals surface area contributed by atoms with Crippen molar-refractivity contribution >= 4 is 21.9 Å². The average molecular weight is 319 g/mol. The predicted octanol–water partition coefficient (Wildman–Crippen LogP) is 5.31. The Morgan fingerprint density at radius 3 is 1.89 bits per heavy atom. The van der Waals surface area contributed by atoms with Gasteiger partial charge in [-0.25, -0.2) is 0 Å². The van der Waals surface area contributed by atoms with Crippen LogP contribution in [0.1, 0.15) is 70.6 Å². The molecule has 0 aromatic carbocycles. The van der Waals surface area contributed by atoms with Gasteiger partial charge in [0.25, 0.3) is 0 Å². The van der Waals surface area contributed by atoms with E-state index in [1.165, 1.54) is 51.4 Å². The molecule has 0 amide bonds. The smallest absolute Gasteiger partial charge is 0.303 e. The molecular weight excluding hydrogens is 292 g/mol. The molecule has 0 saturated heterocycles. The van der Waals surface area contributed by atoms with E-state index >= 15 is 0 Å². The van der Waals surface area contributed by atoms with E-state index in [1.807, 2.05) is 6.08 Å². The number of hydrogen-bond acceptors (Lipinski definition) is 1. The molecule has 0 aliphatic carbocycles. The summed E-state index contributed by atoms with van der Waals surface area (Å²) in [5, 5.41) is 9.59. The monoisotopic (exact) mass is 318 g/mol. The van der Waals surface area contributed by atoms with Crippen LogP contribution in [0.4, 0.5) is 0 Å². The fraction of sp³-hybridized carbons (Fsp3) is 0.800. The summed E-state index contributed by atoms with van der Waals surface area (Å²) in [6.45, 7) is 0. The van der Waals surface area contributed by atoms with Crippen LogP contribution in [0.25, 0.3) is 0 Å². The summed E-state index contributed by atoms with van der Waals surface area (Å²) in [5.74, 6) is -0.709. The highest BCUT2D eigenvalue weighted by molar-refractivity contribution is 9.09. The molecule has 0 aromatic rings. The van der Waals surface area contributed by atoms with E-state index in [2.05, 4.69) is 22.0 Å². The number of hydrogen-bond donors (Lipinski definition) is 1. The van der Waals surface area contributed by atoms with Crippen LogP contribution in [-0.2, 0) is 4.79 Å². The fourth-order valence-corrected chi connectivity index (χ4v) is 2.26. The number of allylic oxidation sites excluding steroid dienone is 2. The first-order valence-electron chi connectivity index (χ1n) is 7.20. The van der Waals surface area contributed by atoms with Gasteiger partial charge in [0.15, 0.2) is 0 Å². The molecule has 0 fully saturated rings. The van der Waals surface area contributed by atoms with Crippen molar-refractivity contribution < 1.29 is 9.90 Å². The molecule has 0 aliphatic rings. The van der Waals surface area contributed by atoms with Crippen LogP contribution >= 0.6 is 15.9 Å². The number of carbonyl (C=O) groups is 1. The summed E-state index contributed by atoms with van der Waals surface area (Å²) in [4.78, 5) is 10.3. The van der Waals surface area contributed by atoms with E-state index in [4.69, 9.17) is 5.11 Å². The van der Waals surface area contributed by atoms with E-state index in [0.717, 1.165) is 11.8 Å². The van der Waals surface area contributed by atoms with Crippen molar-refractivity contribution in [1.82, 2.24) is 0 Å². The predicted molar refractivity (Wildman–Crippen MR) is 81.4 cm³/mol. The number of alkyl halides is 1. The van der Waals surface area contributed by atoms with Crippen molar-refractivity contribution in [3.8, 4) is 0 Å². The van der Waals surface area contributed by atoms with Gasteiger partial charge < -0.3 is 5.11 Å². The molecule has 0 atom stereocenters. The second kappa shape index (κ2) is 14.7. The normalized spacial score (nSPS) is 11.2. The first-order chi connectivity index (χ1) is 8.77. The van der Waals surface area contributed by atoms with Gasteiger partial charge in [0, 0.05) is 11.8 Å². The largest absolute Gasteiger partial charge is 0.481 e. The summed E-state index contributed by atoms with van der Waals surface area (Å²) in [7, 11) is 0. The molecule has 0 radical (unpaired) electrons. The lowest BCUT2D eigenvalue weighted by molar-refractivity contribution is -0.136. The SMILES string of the molecule is O=C(O)CC/C=C/CCCCCCCCCCBr.